The van der Waals surface area contributed by atoms with E-state index in [0.717, 1.165) is 4.68 Å². The van der Waals surface area contributed by atoms with E-state index in [1.54, 1.807) is 41.1 Å². The highest BCUT2D eigenvalue weighted by atomic mass is 35.5. The maximum atomic E-state index is 13.1. The molecule has 0 saturated carbocycles. The van der Waals surface area contributed by atoms with Crippen LogP contribution in [-0.2, 0) is 24.6 Å². The number of anilines is 1. The third kappa shape index (κ3) is 3.57. The Labute approximate surface area is 153 Å². The van der Waals surface area contributed by atoms with Crippen LogP contribution in [-0.4, -0.2) is 40.2 Å². The molecule has 3 rings (SSSR count). The van der Waals surface area contributed by atoms with Crippen molar-refractivity contribution in [3.8, 4) is 0 Å². The highest BCUT2D eigenvalue weighted by molar-refractivity contribution is 6.33. The van der Waals surface area contributed by atoms with Crippen LogP contribution in [0.4, 0.5) is 18.9 Å². The lowest BCUT2D eigenvalue weighted by atomic mass is 10.1. The predicted octanol–water partition coefficient (Wildman–Crippen LogP) is 3.33. The fraction of sp³-hybridized carbons (Fsp3) is 0.412. The second-order valence-corrected chi connectivity index (χ2v) is 6.74. The molecule has 1 unspecified atom stereocenters. The van der Waals surface area contributed by atoms with Gasteiger partial charge in [-0.2, -0.15) is 18.3 Å². The zero-order valence-electron chi connectivity index (χ0n) is 14.3. The number of para-hydroxylation sites is 1. The third-order valence-corrected chi connectivity index (χ3v) is 4.76. The summed E-state index contributed by atoms with van der Waals surface area (Å²) in [4.78, 5) is 16.0. The zero-order chi connectivity index (χ0) is 19.1. The molecule has 0 N–H and O–H groups in total. The molecule has 26 heavy (non-hydrogen) atoms. The number of halogens is 4. The van der Waals surface area contributed by atoms with Gasteiger partial charge < -0.3 is 4.90 Å². The Morgan fingerprint density at radius 3 is 2.69 bits per heavy atom. The number of nitrogens with zero attached hydrogens (tertiary/aromatic N) is 4. The largest absolute Gasteiger partial charge is 0.435 e. The Morgan fingerprint density at radius 1 is 1.35 bits per heavy atom. The molecule has 1 amide bonds. The number of aryl methyl sites for hydroxylation is 1. The summed E-state index contributed by atoms with van der Waals surface area (Å²) < 4.78 is 40.5. The summed E-state index contributed by atoms with van der Waals surface area (Å²) in [5.74, 6) is -0.168. The fourth-order valence-electron chi connectivity index (χ4n) is 3.25. The third-order valence-electron chi connectivity index (χ3n) is 4.45. The van der Waals surface area contributed by atoms with Crippen LogP contribution in [0, 0.1) is 0 Å². The molecule has 0 spiro atoms. The standard InChI is InChI=1S/C17H18ClF3N4O/c1-23(9-11-10-24(2)22-15(11)17(19,20)21)14-7-8-25(16(14)26)13-6-4-3-5-12(13)18/h3-6,10,14H,7-9H2,1-2H3. The van der Waals surface area contributed by atoms with E-state index >= 15 is 0 Å². The monoisotopic (exact) mass is 386 g/mol. The summed E-state index contributed by atoms with van der Waals surface area (Å²) in [5.41, 5.74) is -0.251. The van der Waals surface area contributed by atoms with Crippen molar-refractivity contribution >= 4 is 23.2 Å². The van der Waals surface area contributed by atoms with E-state index in [1.807, 2.05) is 0 Å². The zero-order valence-corrected chi connectivity index (χ0v) is 15.1. The molecule has 0 radical (unpaired) electrons. The van der Waals surface area contributed by atoms with E-state index < -0.39 is 17.9 Å². The van der Waals surface area contributed by atoms with Gasteiger partial charge in [-0.3, -0.25) is 14.4 Å². The number of hydrogen-bond donors (Lipinski definition) is 0. The minimum Gasteiger partial charge on any atom is -0.310 e. The maximum Gasteiger partial charge on any atom is 0.435 e. The molecule has 1 atom stereocenters. The van der Waals surface area contributed by atoms with Crippen LogP contribution in [0.15, 0.2) is 30.5 Å². The quantitative estimate of drug-likeness (QED) is 0.809. The first kappa shape index (κ1) is 18.7. The summed E-state index contributed by atoms with van der Waals surface area (Å²) in [5, 5.41) is 3.98. The van der Waals surface area contributed by atoms with Gasteiger partial charge in [-0.15, -0.1) is 0 Å². The molecule has 1 aliphatic heterocycles. The first-order valence-corrected chi connectivity index (χ1v) is 8.42. The average Bonchev–Trinajstić information content (AvgIpc) is 3.10. The van der Waals surface area contributed by atoms with Gasteiger partial charge in [0.15, 0.2) is 5.69 Å². The fourth-order valence-corrected chi connectivity index (χ4v) is 3.49. The number of likely N-dealkylation sites (N-methyl/N-ethyl adjacent to an activating group) is 1. The smallest absolute Gasteiger partial charge is 0.310 e. The van der Waals surface area contributed by atoms with Crippen LogP contribution in [0.25, 0.3) is 0 Å². The van der Waals surface area contributed by atoms with Crippen LogP contribution in [0.5, 0.6) is 0 Å². The Balaban J connectivity index is 1.77. The molecule has 140 valence electrons. The molecule has 5 nitrogen and oxygen atoms in total. The molecule has 1 aliphatic rings. The summed E-state index contributed by atoms with van der Waals surface area (Å²) in [6.45, 7) is 0.451. The predicted molar refractivity (Wildman–Crippen MR) is 91.9 cm³/mol. The molecule has 1 aromatic carbocycles. The number of rotatable bonds is 4. The first-order chi connectivity index (χ1) is 12.2. The van der Waals surface area contributed by atoms with E-state index in [9.17, 15) is 18.0 Å². The highest BCUT2D eigenvalue weighted by Crippen LogP contribution is 2.33. The maximum absolute atomic E-state index is 13.1. The van der Waals surface area contributed by atoms with Crippen LogP contribution in [0.2, 0.25) is 5.02 Å². The van der Waals surface area contributed by atoms with Crippen molar-refractivity contribution in [2.45, 2.75) is 25.2 Å². The highest BCUT2D eigenvalue weighted by Gasteiger charge is 2.39. The van der Waals surface area contributed by atoms with Gasteiger partial charge in [0.25, 0.3) is 0 Å². The number of carbonyl (C=O) groups excluding carboxylic acids is 1. The van der Waals surface area contributed by atoms with Gasteiger partial charge in [0.05, 0.1) is 16.8 Å². The van der Waals surface area contributed by atoms with Gasteiger partial charge in [-0.25, -0.2) is 0 Å². The number of aromatic nitrogens is 2. The minimum atomic E-state index is -4.53. The SMILES string of the molecule is CN(Cc1cn(C)nc1C(F)(F)F)C1CCN(c2ccccc2Cl)C1=O. The molecule has 1 fully saturated rings. The summed E-state index contributed by atoms with van der Waals surface area (Å²) in [7, 11) is 3.09. The van der Waals surface area contributed by atoms with Gasteiger partial charge in [-0.1, -0.05) is 23.7 Å². The van der Waals surface area contributed by atoms with E-state index in [0.29, 0.717) is 23.7 Å². The van der Waals surface area contributed by atoms with Crippen LogP contribution in [0.1, 0.15) is 17.7 Å². The lowest BCUT2D eigenvalue weighted by Crippen LogP contribution is -2.39. The number of hydrogen-bond acceptors (Lipinski definition) is 3. The average molecular weight is 387 g/mol. The molecule has 2 heterocycles. The molecule has 1 saturated heterocycles. The number of benzene rings is 1. The minimum absolute atomic E-state index is 0.0184. The molecular weight excluding hydrogens is 369 g/mol. The van der Waals surface area contributed by atoms with E-state index in [1.165, 1.54) is 13.2 Å². The second kappa shape index (κ2) is 6.92. The molecular formula is C17H18ClF3N4O. The second-order valence-electron chi connectivity index (χ2n) is 6.34. The van der Waals surface area contributed by atoms with E-state index in [4.69, 9.17) is 11.6 Å². The molecule has 9 heteroatoms. The van der Waals surface area contributed by atoms with Crippen LogP contribution in [0.3, 0.4) is 0 Å². The normalized spacial score (nSPS) is 18.2. The van der Waals surface area contributed by atoms with Gasteiger partial charge in [0.2, 0.25) is 5.91 Å². The van der Waals surface area contributed by atoms with Gasteiger partial charge in [0, 0.05) is 31.9 Å². The first-order valence-electron chi connectivity index (χ1n) is 8.04. The molecule has 0 aliphatic carbocycles. The van der Waals surface area contributed by atoms with Crippen molar-refractivity contribution in [1.29, 1.82) is 0 Å². The van der Waals surface area contributed by atoms with Crippen molar-refractivity contribution < 1.29 is 18.0 Å². The lowest BCUT2D eigenvalue weighted by molar-refractivity contribution is -0.142. The Kier molecular flexibility index (Phi) is 4.98. The Morgan fingerprint density at radius 2 is 2.04 bits per heavy atom. The van der Waals surface area contributed by atoms with Gasteiger partial charge >= 0.3 is 6.18 Å². The van der Waals surface area contributed by atoms with Crippen molar-refractivity contribution in [3.05, 3.63) is 46.7 Å². The van der Waals surface area contributed by atoms with Crippen molar-refractivity contribution in [2.75, 3.05) is 18.5 Å². The Bertz CT molecular complexity index is 821. The number of amides is 1. The number of carbonyl (C=O) groups is 1. The lowest BCUT2D eigenvalue weighted by Gasteiger charge is -2.24. The van der Waals surface area contributed by atoms with Crippen LogP contribution < -0.4 is 4.90 Å². The summed E-state index contributed by atoms with van der Waals surface area (Å²) >= 11 is 6.16. The molecule has 1 aromatic heterocycles. The Hall–Kier alpha value is -2.06. The summed E-state index contributed by atoms with van der Waals surface area (Å²) in [6, 6.07) is 6.51. The van der Waals surface area contributed by atoms with E-state index in [2.05, 4.69) is 5.10 Å². The van der Waals surface area contributed by atoms with Gasteiger partial charge in [0.1, 0.15) is 0 Å². The van der Waals surface area contributed by atoms with Crippen molar-refractivity contribution in [1.82, 2.24) is 14.7 Å². The molecule has 2 aromatic rings. The molecule has 0 bridgehead atoms. The number of alkyl halides is 3. The van der Waals surface area contributed by atoms with Crippen LogP contribution >= 0.6 is 11.6 Å². The van der Waals surface area contributed by atoms with Gasteiger partial charge in [-0.05, 0) is 25.6 Å². The summed E-state index contributed by atoms with van der Waals surface area (Å²) in [6.07, 6.45) is -2.67. The van der Waals surface area contributed by atoms with E-state index in [-0.39, 0.29) is 18.0 Å². The topological polar surface area (TPSA) is 41.4 Å². The van der Waals surface area contributed by atoms with Crippen molar-refractivity contribution in [2.24, 2.45) is 7.05 Å². The van der Waals surface area contributed by atoms with Crippen molar-refractivity contribution in [3.63, 3.8) is 0 Å².